The van der Waals surface area contributed by atoms with Crippen molar-refractivity contribution in [2.75, 3.05) is 38.2 Å². The summed E-state index contributed by atoms with van der Waals surface area (Å²) < 4.78 is 5.01. The first-order chi connectivity index (χ1) is 7.31. The van der Waals surface area contributed by atoms with Crippen LogP contribution in [-0.4, -0.2) is 38.3 Å². The Kier molecular flexibility index (Phi) is 3.28. The third kappa shape index (κ3) is 2.33. The summed E-state index contributed by atoms with van der Waals surface area (Å²) in [6.07, 6.45) is 1.80. The normalized spacial score (nSPS) is 16.5. The van der Waals surface area contributed by atoms with E-state index in [9.17, 15) is 0 Å². The number of ether oxygens (including phenoxy) is 1. The highest BCUT2D eigenvalue weighted by Crippen LogP contribution is 2.26. The molecular formula is C10H14ClN3O. The van der Waals surface area contributed by atoms with Gasteiger partial charge in [0.05, 0.1) is 19.0 Å². The van der Waals surface area contributed by atoms with E-state index in [-0.39, 0.29) is 0 Å². The summed E-state index contributed by atoms with van der Waals surface area (Å²) in [5, 5.41) is 3.87. The molecule has 1 aliphatic heterocycles. The van der Waals surface area contributed by atoms with Gasteiger partial charge in [-0.25, -0.2) is 4.98 Å². The van der Waals surface area contributed by atoms with Gasteiger partial charge in [-0.05, 0) is 6.07 Å². The minimum atomic E-state index is 0.482. The van der Waals surface area contributed by atoms with E-state index in [0.717, 1.165) is 31.9 Å². The summed E-state index contributed by atoms with van der Waals surface area (Å²) in [6.45, 7) is 3.99. The van der Waals surface area contributed by atoms with Crippen molar-refractivity contribution in [2.24, 2.45) is 0 Å². The topological polar surface area (TPSA) is 37.4 Å². The molecule has 1 N–H and O–H groups in total. The fourth-order valence-corrected chi connectivity index (χ4v) is 1.90. The molecule has 2 rings (SSSR count). The zero-order valence-electron chi connectivity index (χ0n) is 8.66. The highest BCUT2D eigenvalue weighted by molar-refractivity contribution is 6.32. The monoisotopic (exact) mass is 227 g/mol. The quantitative estimate of drug-likeness (QED) is 0.823. The maximum atomic E-state index is 6.02. The number of rotatable bonds is 2. The van der Waals surface area contributed by atoms with Crippen molar-refractivity contribution in [3.8, 4) is 5.88 Å². The van der Waals surface area contributed by atoms with Gasteiger partial charge in [0.25, 0.3) is 0 Å². The number of methoxy groups -OCH3 is 1. The number of hydrogen-bond acceptors (Lipinski definition) is 4. The molecule has 0 spiro atoms. The molecule has 0 aromatic carbocycles. The molecule has 1 saturated heterocycles. The molecule has 4 nitrogen and oxygen atoms in total. The van der Waals surface area contributed by atoms with Crippen molar-refractivity contribution < 1.29 is 4.74 Å². The van der Waals surface area contributed by atoms with Gasteiger partial charge in [0, 0.05) is 26.2 Å². The molecule has 1 aromatic heterocycles. The van der Waals surface area contributed by atoms with Crippen LogP contribution < -0.4 is 15.0 Å². The fourth-order valence-electron chi connectivity index (χ4n) is 1.66. The number of hydrogen-bond donors (Lipinski definition) is 1. The van der Waals surface area contributed by atoms with Crippen LogP contribution >= 0.6 is 11.6 Å². The lowest BCUT2D eigenvalue weighted by Gasteiger charge is -2.29. The van der Waals surface area contributed by atoms with Gasteiger partial charge >= 0.3 is 0 Å². The molecule has 1 fully saturated rings. The number of aromatic nitrogens is 1. The van der Waals surface area contributed by atoms with Crippen molar-refractivity contribution in [3.63, 3.8) is 0 Å². The van der Waals surface area contributed by atoms with Crippen LogP contribution in [0.5, 0.6) is 5.88 Å². The second kappa shape index (κ2) is 4.68. The Labute approximate surface area is 94.2 Å². The minimum Gasteiger partial charge on any atom is -0.480 e. The second-order valence-corrected chi connectivity index (χ2v) is 3.83. The lowest BCUT2D eigenvalue weighted by atomic mass is 10.3. The van der Waals surface area contributed by atoms with E-state index in [4.69, 9.17) is 16.3 Å². The van der Waals surface area contributed by atoms with Crippen molar-refractivity contribution in [1.82, 2.24) is 10.3 Å². The summed E-state index contributed by atoms with van der Waals surface area (Å²) in [6, 6.07) is 1.90. The van der Waals surface area contributed by atoms with E-state index < -0.39 is 0 Å². The van der Waals surface area contributed by atoms with Gasteiger partial charge in [-0.1, -0.05) is 11.6 Å². The smallest absolute Gasteiger partial charge is 0.232 e. The average molecular weight is 228 g/mol. The first-order valence-electron chi connectivity index (χ1n) is 4.96. The number of piperazine rings is 1. The lowest BCUT2D eigenvalue weighted by Crippen LogP contribution is -2.43. The van der Waals surface area contributed by atoms with Gasteiger partial charge in [-0.3, -0.25) is 0 Å². The number of halogens is 1. The van der Waals surface area contributed by atoms with E-state index in [1.165, 1.54) is 0 Å². The standard InChI is InChI=1S/C10H14ClN3O/c1-15-10-9(11)6-8(7-13-10)14-4-2-12-3-5-14/h6-7,12H,2-5H2,1H3. The highest BCUT2D eigenvalue weighted by Gasteiger charge is 2.12. The molecule has 2 heterocycles. The Morgan fingerprint density at radius 3 is 2.80 bits per heavy atom. The van der Waals surface area contributed by atoms with E-state index in [1.54, 1.807) is 13.3 Å². The van der Waals surface area contributed by atoms with Crippen LogP contribution in [0.15, 0.2) is 12.3 Å². The lowest BCUT2D eigenvalue weighted by molar-refractivity contribution is 0.398. The third-order valence-electron chi connectivity index (χ3n) is 2.47. The molecule has 0 atom stereocenters. The van der Waals surface area contributed by atoms with Crippen LogP contribution in [0.2, 0.25) is 5.02 Å². The molecule has 15 heavy (non-hydrogen) atoms. The summed E-state index contributed by atoms with van der Waals surface area (Å²) in [5.41, 5.74) is 1.06. The largest absolute Gasteiger partial charge is 0.480 e. The second-order valence-electron chi connectivity index (χ2n) is 3.42. The Morgan fingerprint density at radius 2 is 2.20 bits per heavy atom. The molecule has 1 aliphatic rings. The van der Waals surface area contributed by atoms with Crippen molar-refractivity contribution >= 4 is 17.3 Å². The van der Waals surface area contributed by atoms with Gasteiger partial charge in [0.1, 0.15) is 5.02 Å². The highest BCUT2D eigenvalue weighted by atomic mass is 35.5. The maximum absolute atomic E-state index is 6.02. The van der Waals surface area contributed by atoms with Crippen LogP contribution in [0.25, 0.3) is 0 Å². The van der Waals surface area contributed by atoms with Crippen LogP contribution in [-0.2, 0) is 0 Å². The molecule has 0 saturated carbocycles. The first-order valence-corrected chi connectivity index (χ1v) is 5.34. The number of pyridine rings is 1. The first kappa shape index (κ1) is 10.5. The van der Waals surface area contributed by atoms with Gasteiger partial charge in [0.15, 0.2) is 0 Å². The summed E-state index contributed by atoms with van der Waals surface area (Å²) in [7, 11) is 1.57. The Balaban J connectivity index is 2.17. The van der Waals surface area contributed by atoms with Crippen LogP contribution in [0.4, 0.5) is 5.69 Å². The molecular weight excluding hydrogens is 214 g/mol. The molecule has 0 radical (unpaired) electrons. The van der Waals surface area contributed by atoms with Gasteiger partial charge < -0.3 is 15.0 Å². The minimum absolute atomic E-state index is 0.482. The predicted molar refractivity (Wildman–Crippen MR) is 60.9 cm³/mol. The SMILES string of the molecule is COc1ncc(N2CCNCC2)cc1Cl. The molecule has 0 amide bonds. The van der Waals surface area contributed by atoms with Crippen LogP contribution in [0.3, 0.4) is 0 Å². The average Bonchev–Trinajstić information content (AvgIpc) is 2.30. The summed E-state index contributed by atoms with van der Waals surface area (Å²) in [5.74, 6) is 0.482. The van der Waals surface area contributed by atoms with Crippen molar-refractivity contribution in [1.29, 1.82) is 0 Å². The fraction of sp³-hybridized carbons (Fsp3) is 0.500. The Morgan fingerprint density at radius 1 is 1.47 bits per heavy atom. The number of nitrogens with zero attached hydrogens (tertiary/aromatic N) is 2. The van der Waals surface area contributed by atoms with E-state index in [2.05, 4.69) is 15.2 Å². The molecule has 82 valence electrons. The van der Waals surface area contributed by atoms with E-state index in [1.807, 2.05) is 6.07 Å². The third-order valence-corrected chi connectivity index (χ3v) is 2.74. The van der Waals surface area contributed by atoms with Crippen molar-refractivity contribution in [2.45, 2.75) is 0 Å². The molecule has 0 aliphatic carbocycles. The zero-order chi connectivity index (χ0) is 10.7. The summed E-state index contributed by atoms with van der Waals surface area (Å²) in [4.78, 5) is 6.41. The van der Waals surface area contributed by atoms with E-state index >= 15 is 0 Å². The molecule has 0 unspecified atom stereocenters. The van der Waals surface area contributed by atoms with Crippen LogP contribution in [0, 0.1) is 0 Å². The predicted octanol–water partition coefficient (Wildman–Crippen LogP) is 1.15. The van der Waals surface area contributed by atoms with Crippen molar-refractivity contribution in [3.05, 3.63) is 17.3 Å². The van der Waals surface area contributed by atoms with Gasteiger partial charge in [-0.15, -0.1) is 0 Å². The van der Waals surface area contributed by atoms with Crippen LogP contribution in [0.1, 0.15) is 0 Å². The van der Waals surface area contributed by atoms with Gasteiger partial charge in [0.2, 0.25) is 5.88 Å². The van der Waals surface area contributed by atoms with E-state index in [0.29, 0.717) is 10.9 Å². The Bertz CT molecular complexity index is 339. The number of anilines is 1. The summed E-state index contributed by atoms with van der Waals surface area (Å²) >= 11 is 6.02. The maximum Gasteiger partial charge on any atom is 0.232 e. The van der Waals surface area contributed by atoms with Gasteiger partial charge in [-0.2, -0.15) is 0 Å². The molecule has 5 heteroatoms. The zero-order valence-corrected chi connectivity index (χ0v) is 9.42. The molecule has 1 aromatic rings. The molecule has 0 bridgehead atoms. The number of nitrogens with one attached hydrogen (secondary N) is 1. The Hall–Kier alpha value is -1.00.